The molecule has 0 bridgehead atoms. The van der Waals surface area contributed by atoms with Gasteiger partial charge in [0, 0.05) is 23.5 Å². The molecule has 5 heteroatoms. The maximum atomic E-state index is 12.5. The Hall–Kier alpha value is -1.07. The molecule has 104 valence electrons. The van der Waals surface area contributed by atoms with E-state index in [9.17, 15) is 9.90 Å². The van der Waals surface area contributed by atoms with Gasteiger partial charge in [-0.25, -0.2) is 0 Å². The SMILES string of the molecule is COc1ccc(Br)c(C(=O)N2CCC(C(C)O)C2)c1. The molecule has 1 aliphatic heterocycles. The molecule has 2 rings (SSSR count). The van der Waals surface area contributed by atoms with Crippen molar-refractivity contribution in [3.8, 4) is 5.75 Å². The largest absolute Gasteiger partial charge is 0.497 e. The van der Waals surface area contributed by atoms with Gasteiger partial charge in [-0.1, -0.05) is 0 Å². The van der Waals surface area contributed by atoms with Crippen LogP contribution < -0.4 is 4.74 Å². The topological polar surface area (TPSA) is 49.8 Å². The first-order valence-corrected chi connectivity index (χ1v) is 7.13. The number of aliphatic hydroxyl groups is 1. The van der Waals surface area contributed by atoms with Crippen molar-refractivity contribution in [2.24, 2.45) is 5.92 Å². The van der Waals surface area contributed by atoms with E-state index in [4.69, 9.17) is 4.74 Å². The van der Waals surface area contributed by atoms with Crippen LogP contribution >= 0.6 is 15.9 Å². The molecular formula is C14H18BrNO3. The Bertz CT molecular complexity index is 476. The molecule has 1 aromatic rings. The van der Waals surface area contributed by atoms with Gasteiger partial charge in [0.05, 0.1) is 18.8 Å². The number of methoxy groups -OCH3 is 1. The Kier molecular flexibility index (Phi) is 4.47. The van der Waals surface area contributed by atoms with Crippen molar-refractivity contribution in [1.82, 2.24) is 4.90 Å². The Morgan fingerprint density at radius 1 is 1.58 bits per heavy atom. The molecule has 1 aliphatic rings. The molecule has 4 nitrogen and oxygen atoms in total. The second-order valence-corrected chi connectivity index (χ2v) is 5.74. The van der Waals surface area contributed by atoms with Gasteiger partial charge in [-0.3, -0.25) is 4.79 Å². The fraction of sp³-hybridized carbons (Fsp3) is 0.500. The van der Waals surface area contributed by atoms with Gasteiger partial charge in [-0.15, -0.1) is 0 Å². The summed E-state index contributed by atoms with van der Waals surface area (Å²) in [6.45, 7) is 3.08. The van der Waals surface area contributed by atoms with E-state index in [0.29, 0.717) is 24.4 Å². The van der Waals surface area contributed by atoms with E-state index in [0.717, 1.165) is 10.9 Å². The first kappa shape index (κ1) is 14.3. The summed E-state index contributed by atoms with van der Waals surface area (Å²) >= 11 is 3.40. The first-order chi connectivity index (χ1) is 9.02. The lowest BCUT2D eigenvalue weighted by Crippen LogP contribution is -2.30. The molecule has 0 aliphatic carbocycles. The zero-order valence-corrected chi connectivity index (χ0v) is 12.7. The summed E-state index contributed by atoms with van der Waals surface area (Å²) in [5.74, 6) is 0.820. The average Bonchev–Trinajstić information content (AvgIpc) is 2.88. The summed E-state index contributed by atoms with van der Waals surface area (Å²) in [5, 5.41) is 9.59. The van der Waals surface area contributed by atoms with Crippen molar-refractivity contribution in [2.75, 3.05) is 20.2 Å². The van der Waals surface area contributed by atoms with Crippen molar-refractivity contribution in [2.45, 2.75) is 19.4 Å². The molecule has 0 radical (unpaired) electrons. The van der Waals surface area contributed by atoms with Crippen LogP contribution in [0, 0.1) is 5.92 Å². The van der Waals surface area contributed by atoms with E-state index in [2.05, 4.69) is 15.9 Å². The lowest BCUT2D eigenvalue weighted by atomic mass is 10.0. The van der Waals surface area contributed by atoms with Gasteiger partial charge in [-0.2, -0.15) is 0 Å². The van der Waals surface area contributed by atoms with E-state index in [-0.39, 0.29) is 17.9 Å². The number of rotatable bonds is 3. The van der Waals surface area contributed by atoms with Crippen LogP contribution in [0.15, 0.2) is 22.7 Å². The zero-order valence-electron chi connectivity index (χ0n) is 11.1. The third-order valence-electron chi connectivity index (χ3n) is 3.60. The van der Waals surface area contributed by atoms with Crippen LogP contribution in [-0.2, 0) is 0 Å². The van der Waals surface area contributed by atoms with Crippen molar-refractivity contribution in [3.05, 3.63) is 28.2 Å². The van der Waals surface area contributed by atoms with Crippen LogP contribution in [0.5, 0.6) is 5.75 Å². The second kappa shape index (κ2) is 5.92. The molecule has 0 aromatic heterocycles. The van der Waals surface area contributed by atoms with Gasteiger partial charge >= 0.3 is 0 Å². The fourth-order valence-electron chi connectivity index (χ4n) is 2.33. The van der Waals surface area contributed by atoms with E-state index in [1.165, 1.54) is 0 Å². The number of benzene rings is 1. The number of hydrogen-bond donors (Lipinski definition) is 1. The third kappa shape index (κ3) is 3.09. The quantitative estimate of drug-likeness (QED) is 0.926. The molecule has 2 unspecified atom stereocenters. The van der Waals surface area contributed by atoms with Gasteiger partial charge in [0.15, 0.2) is 0 Å². The Morgan fingerprint density at radius 2 is 2.32 bits per heavy atom. The van der Waals surface area contributed by atoms with Crippen molar-refractivity contribution in [1.29, 1.82) is 0 Å². The van der Waals surface area contributed by atoms with Crippen LogP contribution in [-0.4, -0.2) is 42.2 Å². The molecular weight excluding hydrogens is 310 g/mol. The summed E-state index contributed by atoms with van der Waals surface area (Å²) in [4.78, 5) is 14.3. The Morgan fingerprint density at radius 3 is 2.89 bits per heavy atom. The Labute approximate surface area is 121 Å². The molecule has 2 atom stereocenters. The standard InChI is InChI=1S/C14H18BrNO3/c1-9(17)10-5-6-16(8-10)14(18)12-7-11(19-2)3-4-13(12)15/h3-4,7,9-10,17H,5-6,8H2,1-2H3. The van der Waals surface area contributed by atoms with Gasteiger partial charge in [0.25, 0.3) is 5.91 Å². The van der Waals surface area contributed by atoms with E-state index >= 15 is 0 Å². The molecule has 1 amide bonds. The number of carbonyl (C=O) groups excluding carboxylic acids is 1. The Balaban J connectivity index is 2.16. The highest BCUT2D eigenvalue weighted by Gasteiger charge is 2.30. The number of aliphatic hydroxyl groups excluding tert-OH is 1. The van der Waals surface area contributed by atoms with E-state index < -0.39 is 0 Å². The maximum absolute atomic E-state index is 12.5. The molecule has 1 aromatic carbocycles. The number of ether oxygens (including phenoxy) is 1. The average molecular weight is 328 g/mol. The molecule has 1 heterocycles. The van der Waals surface area contributed by atoms with E-state index in [1.807, 2.05) is 12.1 Å². The summed E-state index contributed by atoms with van der Waals surface area (Å²) in [6.07, 6.45) is 0.483. The summed E-state index contributed by atoms with van der Waals surface area (Å²) in [7, 11) is 1.58. The predicted molar refractivity (Wildman–Crippen MR) is 76.4 cm³/mol. The number of amides is 1. The minimum absolute atomic E-state index is 0.0195. The highest BCUT2D eigenvalue weighted by atomic mass is 79.9. The lowest BCUT2D eigenvalue weighted by Gasteiger charge is -2.18. The van der Waals surface area contributed by atoms with Crippen LogP contribution in [0.25, 0.3) is 0 Å². The fourth-order valence-corrected chi connectivity index (χ4v) is 2.75. The second-order valence-electron chi connectivity index (χ2n) is 4.89. The lowest BCUT2D eigenvalue weighted by molar-refractivity contribution is 0.0761. The maximum Gasteiger partial charge on any atom is 0.255 e. The van der Waals surface area contributed by atoms with E-state index in [1.54, 1.807) is 25.0 Å². The monoisotopic (exact) mass is 327 g/mol. The minimum atomic E-state index is -0.369. The highest BCUT2D eigenvalue weighted by Crippen LogP contribution is 2.27. The number of nitrogens with zero attached hydrogens (tertiary/aromatic N) is 1. The van der Waals surface area contributed by atoms with Crippen LogP contribution in [0.1, 0.15) is 23.7 Å². The van der Waals surface area contributed by atoms with Crippen LogP contribution in [0.2, 0.25) is 0 Å². The smallest absolute Gasteiger partial charge is 0.255 e. The van der Waals surface area contributed by atoms with Crippen LogP contribution in [0.4, 0.5) is 0 Å². The number of carbonyl (C=O) groups is 1. The number of hydrogen-bond acceptors (Lipinski definition) is 3. The highest BCUT2D eigenvalue weighted by molar-refractivity contribution is 9.10. The molecule has 1 N–H and O–H groups in total. The summed E-state index contributed by atoms with van der Waals surface area (Å²) in [5.41, 5.74) is 0.602. The molecule has 19 heavy (non-hydrogen) atoms. The van der Waals surface area contributed by atoms with Crippen LogP contribution in [0.3, 0.4) is 0 Å². The molecule has 0 saturated carbocycles. The number of likely N-dealkylation sites (tertiary alicyclic amines) is 1. The zero-order chi connectivity index (χ0) is 14.0. The van der Waals surface area contributed by atoms with Crippen molar-refractivity contribution in [3.63, 3.8) is 0 Å². The van der Waals surface area contributed by atoms with Gasteiger partial charge in [0.1, 0.15) is 5.75 Å². The normalized spacial score (nSPS) is 20.4. The third-order valence-corrected chi connectivity index (χ3v) is 4.29. The van der Waals surface area contributed by atoms with Crippen molar-refractivity contribution < 1.29 is 14.6 Å². The summed E-state index contributed by atoms with van der Waals surface area (Å²) < 4.78 is 5.91. The molecule has 1 saturated heterocycles. The van der Waals surface area contributed by atoms with Gasteiger partial charge in [0.2, 0.25) is 0 Å². The predicted octanol–water partition coefficient (Wildman–Crippen LogP) is 2.30. The van der Waals surface area contributed by atoms with Gasteiger partial charge < -0.3 is 14.7 Å². The number of halogens is 1. The first-order valence-electron chi connectivity index (χ1n) is 6.33. The molecule has 1 fully saturated rings. The summed E-state index contributed by atoms with van der Waals surface area (Å²) in [6, 6.07) is 5.36. The van der Waals surface area contributed by atoms with Crippen molar-refractivity contribution >= 4 is 21.8 Å². The minimum Gasteiger partial charge on any atom is -0.497 e. The van der Waals surface area contributed by atoms with Gasteiger partial charge in [-0.05, 0) is 47.5 Å². The molecule has 0 spiro atoms.